The molecule has 3 heterocycles. The van der Waals surface area contributed by atoms with Crippen molar-refractivity contribution in [3.05, 3.63) is 79.9 Å². The van der Waals surface area contributed by atoms with Crippen molar-refractivity contribution in [1.29, 1.82) is 0 Å². The molecule has 0 radical (unpaired) electrons. The van der Waals surface area contributed by atoms with E-state index in [1.807, 2.05) is 30.3 Å². The van der Waals surface area contributed by atoms with Crippen LogP contribution in [0.1, 0.15) is 12.8 Å². The second kappa shape index (κ2) is 11.3. The Bertz CT molecular complexity index is 1280. The zero-order valence-corrected chi connectivity index (χ0v) is 22.6. The molecule has 1 spiro atoms. The van der Waals surface area contributed by atoms with E-state index in [1.54, 1.807) is 53.3 Å². The number of carbonyl (C=O) groups is 3. The maximum absolute atomic E-state index is 14.4. The van der Waals surface area contributed by atoms with Gasteiger partial charge in [0, 0.05) is 31.0 Å². The Morgan fingerprint density at radius 1 is 1.05 bits per heavy atom. The topological polar surface area (TPSA) is 99.6 Å². The smallest absolute Gasteiger partial charge is 0.253 e. The van der Waals surface area contributed by atoms with Gasteiger partial charge in [0.1, 0.15) is 17.4 Å². The van der Waals surface area contributed by atoms with Crippen LogP contribution in [0.3, 0.4) is 0 Å². The third-order valence-electron chi connectivity index (χ3n) is 8.27. The molecule has 2 aromatic rings. The molecular weight excluding hydrogens is 510 g/mol. The number of likely N-dealkylation sites (tertiary alicyclic amines) is 1. The number of β-amino-alcohol motifs (C(OH)–C–C–N with tert-alkyl or cyclic N) is 1. The summed E-state index contributed by atoms with van der Waals surface area (Å²) in [6, 6.07) is 15.3. The van der Waals surface area contributed by atoms with E-state index in [2.05, 4.69) is 13.2 Å². The third-order valence-corrected chi connectivity index (χ3v) is 8.27. The van der Waals surface area contributed by atoms with Crippen LogP contribution in [-0.2, 0) is 19.1 Å². The molecule has 2 bridgehead atoms. The van der Waals surface area contributed by atoms with E-state index in [0.29, 0.717) is 30.0 Å². The Labute approximate surface area is 234 Å². The zero-order chi connectivity index (χ0) is 28.4. The van der Waals surface area contributed by atoms with Crippen molar-refractivity contribution in [3.63, 3.8) is 0 Å². The Morgan fingerprint density at radius 2 is 1.68 bits per heavy atom. The lowest BCUT2D eigenvalue weighted by Gasteiger charge is -2.36. The molecule has 5 atom stereocenters. The second-order valence-corrected chi connectivity index (χ2v) is 10.3. The molecule has 9 nitrogen and oxygen atoms in total. The fourth-order valence-corrected chi connectivity index (χ4v) is 6.66. The fourth-order valence-electron chi connectivity index (χ4n) is 6.66. The Hall–Kier alpha value is -3.95. The van der Waals surface area contributed by atoms with Gasteiger partial charge in [-0.05, 0) is 49.2 Å². The molecule has 1 N–H and O–H groups in total. The van der Waals surface area contributed by atoms with Crippen LogP contribution in [0.2, 0.25) is 0 Å². The molecule has 210 valence electrons. The first kappa shape index (κ1) is 27.6. The van der Waals surface area contributed by atoms with Gasteiger partial charge in [0.2, 0.25) is 11.8 Å². The first-order valence-corrected chi connectivity index (χ1v) is 13.5. The molecule has 5 rings (SSSR count). The van der Waals surface area contributed by atoms with Crippen LogP contribution < -0.4 is 14.5 Å². The summed E-state index contributed by atoms with van der Waals surface area (Å²) >= 11 is 0. The summed E-state index contributed by atoms with van der Waals surface area (Å²) < 4.78 is 11.8. The van der Waals surface area contributed by atoms with Gasteiger partial charge < -0.3 is 29.3 Å². The van der Waals surface area contributed by atoms with Gasteiger partial charge in [0.25, 0.3) is 5.91 Å². The normalized spacial score (nSPS) is 26.4. The summed E-state index contributed by atoms with van der Waals surface area (Å²) in [7, 11) is 1.57. The molecule has 0 saturated carbocycles. The van der Waals surface area contributed by atoms with Gasteiger partial charge in [-0.2, -0.15) is 0 Å². The molecule has 3 aliphatic rings. The molecule has 40 heavy (non-hydrogen) atoms. The van der Waals surface area contributed by atoms with Gasteiger partial charge in [0.15, 0.2) is 0 Å². The largest absolute Gasteiger partial charge is 0.497 e. The number of aliphatic hydroxyl groups excluding tert-OH is 1. The monoisotopic (exact) mass is 545 g/mol. The van der Waals surface area contributed by atoms with Crippen molar-refractivity contribution < 1.29 is 29.0 Å². The van der Waals surface area contributed by atoms with Crippen molar-refractivity contribution >= 4 is 29.1 Å². The highest BCUT2D eigenvalue weighted by molar-refractivity contribution is 6.06. The molecule has 0 aliphatic carbocycles. The van der Waals surface area contributed by atoms with E-state index in [-0.39, 0.29) is 44.0 Å². The first-order chi connectivity index (χ1) is 19.4. The molecular formula is C31H35N3O6. The average Bonchev–Trinajstić information content (AvgIpc) is 3.62. The van der Waals surface area contributed by atoms with Gasteiger partial charge >= 0.3 is 0 Å². The number of anilines is 2. The fraction of sp³-hybridized carbons (Fsp3) is 0.387. The summed E-state index contributed by atoms with van der Waals surface area (Å²) in [6.45, 7) is 7.75. The van der Waals surface area contributed by atoms with E-state index in [4.69, 9.17) is 9.47 Å². The van der Waals surface area contributed by atoms with Crippen LogP contribution in [0, 0.1) is 11.8 Å². The standard InChI is InChI=1S/C31H35N3O6/c1-4-17-32(21-9-7-6-8-10-21)28(36)25-24-15-16-31(40-24)26(25)29(37)34(19-20-35)27(31)30(38)33(18-5-2)22-11-13-23(39-3)14-12-22/h4-14,24-27,35H,1-2,15-20H2,3H3/t24-,25+,26+,27?,31?/m1/s1. The Balaban J connectivity index is 1.53. The first-order valence-electron chi connectivity index (χ1n) is 13.5. The van der Waals surface area contributed by atoms with Crippen LogP contribution in [0.4, 0.5) is 11.4 Å². The number of fused-ring (bicyclic) bond motifs is 1. The maximum Gasteiger partial charge on any atom is 0.253 e. The van der Waals surface area contributed by atoms with Crippen molar-refractivity contribution in [3.8, 4) is 5.75 Å². The number of rotatable bonds is 11. The number of aliphatic hydroxyl groups is 1. The third kappa shape index (κ3) is 4.39. The number of ether oxygens (including phenoxy) is 2. The van der Waals surface area contributed by atoms with Crippen molar-refractivity contribution in [2.75, 3.05) is 43.2 Å². The number of benzene rings is 2. The van der Waals surface area contributed by atoms with Gasteiger partial charge in [-0.25, -0.2) is 0 Å². The number of amides is 3. The quantitative estimate of drug-likeness (QED) is 0.436. The van der Waals surface area contributed by atoms with Gasteiger partial charge in [-0.15, -0.1) is 13.2 Å². The summed E-state index contributed by atoms with van der Waals surface area (Å²) in [5, 5.41) is 9.90. The second-order valence-electron chi connectivity index (χ2n) is 10.3. The Kier molecular flexibility index (Phi) is 7.78. The van der Waals surface area contributed by atoms with Crippen LogP contribution >= 0.6 is 0 Å². The Morgan fingerprint density at radius 3 is 2.27 bits per heavy atom. The number of hydrogen-bond acceptors (Lipinski definition) is 6. The van der Waals surface area contributed by atoms with Crippen molar-refractivity contribution in [2.45, 2.75) is 30.6 Å². The molecule has 3 saturated heterocycles. The van der Waals surface area contributed by atoms with Gasteiger partial charge in [-0.1, -0.05) is 30.4 Å². The average molecular weight is 546 g/mol. The molecule has 3 aliphatic heterocycles. The van der Waals surface area contributed by atoms with Crippen LogP contribution in [-0.4, -0.2) is 78.8 Å². The highest BCUT2D eigenvalue weighted by atomic mass is 16.5. The SMILES string of the molecule is C=CCN(C(=O)C1N(CCO)C(=O)[C@@H]2[C@@H](C(=O)N(CC=C)c3ccccc3)[C@H]3CCC12O3)c1ccc(OC)cc1. The van der Waals surface area contributed by atoms with E-state index in [9.17, 15) is 19.5 Å². The molecule has 0 aromatic heterocycles. The lowest BCUT2D eigenvalue weighted by Crippen LogP contribution is -2.57. The van der Waals surface area contributed by atoms with Gasteiger partial charge in [-0.3, -0.25) is 14.4 Å². The molecule has 2 aromatic carbocycles. The van der Waals surface area contributed by atoms with Gasteiger partial charge in [0.05, 0.1) is 31.7 Å². The number of para-hydroxylation sites is 1. The predicted molar refractivity (Wildman–Crippen MR) is 151 cm³/mol. The summed E-state index contributed by atoms with van der Waals surface area (Å²) in [4.78, 5) is 47.1. The highest BCUT2D eigenvalue weighted by Gasteiger charge is 2.75. The number of nitrogens with zero attached hydrogens (tertiary/aromatic N) is 3. The summed E-state index contributed by atoms with van der Waals surface area (Å²) in [6.07, 6.45) is 3.80. The maximum atomic E-state index is 14.4. The van der Waals surface area contributed by atoms with E-state index >= 15 is 0 Å². The number of methoxy groups -OCH3 is 1. The van der Waals surface area contributed by atoms with Crippen molar-refractivity contribution in [1.82, 2.24) is 4.90 Å². The zero-order valence-electron chi connectivity index (χ0n) is 22.6. The molecule has 2 unspecified atom stereocenters. The van der Waals surface area contributed by atoms with Crippen molar-refractivity contribution in [2.24, 2.45) is 11.8 Å². The lowest BCUT2D eigenvalue weighted by molar-refractivity contribution is -0.141. The predicted octanol–water partition coefficient (Wildman–Crippen LogP) is 2.80. The number of carbonyl (C=O) groups excluding carboxylic acids is 3. The number of hydrogen-bond donors (Lipinski definition) is 1. The van der Waals surface area contributed by atoms with Crippen LogP contribution in [0.5, 0.6) is 5.75 Å². The minimum Gasteiger partial charge on any atom is -0.497 e. The molecule has 3 fully saturated rings. The highest BCUT2D eigenvalue weighted by Crippen LogP contribution is 2.59. The van der Waals surface area contributed by atoms with E-state index < -0.39 is 29.6 Å². The summed E-state index contributed by atoms with van der Waals surface area (Å²) in [5.74, 6) is -1.85. The molecule has 3 amide bonds. The van der Waals surface area contributed by atoms with Crippen LogP contribution in [0.15, 0.2) is 79.9 Å². The van der Waals surface area contributed by atoms with E-state index in [0.717, 1.165) is 0 Å². The minimum atomic E-state index is -1.17. The molecule has 9 heteroatoms. The van der Waals surface area contributed by atoms with Crippen LogP contribution in [0.25, 0.3) is 0 Å². The lowest BCUT2D eigenvalue weighted by atomic mass is 9.70. The minimum absolute atomic E-state index is 0.0397. The van der Waals surface area contributed by atoms with E-state index in [1.165, 1.54) is 4.90 Å². The summed E-state index contributed by atoms with van der Waals surface area (Å²) in [5.41, 5.74) is 0.144.